The minimum Gasteiger partial charge on any atom is -0.352 e. The number of hydrogen-bond donors (Lipinski definition) is 2. The van der Waals surface area contributed by atoms with Crippen LogP contribution in [0.15, 0.2) is 0 Å². The molecule has 1 rings (SSSR count). The van der Waals surface area contributed by atoms with Crippen LogP contribution >= 0.6 is 0 Å². The zero-order chi connectivity index (χ0) is 9.19. The van der Waals surface area contributed by atoms with E-state index in [9.17, 15) is 4.79 Å². The molecule has 0 aliphatic heterocycles. The van der Waals surface area contributed by atoms with Crippen LogP contribution in [0.2, 0.25) is 0 Å². The quantitative estimate of drug-likeness (QED) is 0.639. The van der Waals surface area contributed by atoms with Crippen molar-refractivity contribution in [2.75, 3.05) is 6.54 Å². The Balaban J connectivity index is 2.47. The number of nitrogens with two attached hydrogens (primary N) is 1. The number of carbonyl (C=O) groups excluding carboxylic acids is 1. The fraction of sp³-hybridized carbons (Fsp3) is 0.889. The van der Waals surface area contributed by atoms with Gasteiger partial charge in [0.1, 0.15) is 0 Å². The maximum atomic E-state index is 11.0. The predicted molar refractivity (Wildman–Crippen MR) is 48.6 cm³/mol. The predicted octanol–water partition coefficient (Wildman–Crippen LogP) is 0.640. The molecule has 0 heterocycles. The van der Waals surface area contributed by atoms with Gasteiger partial charge in [0.15, 0.2) is 0 Å². The molecule has 0 radical (unpaired) electrons. The lowest BCUT2D eigenvalue weighted by Gasteiger charge is -2.27. The normalized spacial score (nSPS) is 27.1. The van der Waals surface area contributed by atoms with Crippen molar-refractivity contribution in [3.05, 3.63) is 0 Å². The van der Waals surface area contributed by atoms with Gasteiger partial charge in [-0.1, -0.05) is 20.3 Å². The van der Waals surface area contributed by atoms with Crippen LogP contribution in [0.5, 0.6) is 0 Å². The molecule has 3 nitrogen and oxygen atoms in total. The van der Waals surface area contributed by atoms with E-state index in [0.29, 0.717) is 6.04 Å². The third kappa shape index (κ3) is 1.97. The summed E-state index contributed by atoms with van der Waals surface area (Å²) in [6.45, 7) is 4.50. The van der Waals surface area contributed by atoms with E-state index in [0.717, 1.165) is 6.42 Å². The van der Waals surface area contributed by atoms with E-state index < -0.39 is 0 Å². The van der Waals surface area contributed by atoms with Gasteiger partial charge >= 0.3 is 0 Å². The molecule has 1 atom stereocenters. The lowest BCUT2D eigenvalue weighted by molar-refractivity contribution is -0.121. The van der Waals surface area contributed by atoms with Crippen molar-refractivity contribution in [3.63, 3.8) is 0 Å². The van der Waals surface area contributed by atoms with Gasteiger partial charge in [0.2, 0.25) is 5.91 Å². The molecule has 0 aromatic rings. The van der Waals surface area contributed by atoms with Crippen molar-refractivity contribution in [2.24, 2.45) is 11.1 Å². The number of hydrogen-bond acceptors (Lipinski definition) is 2. The molecule has 1 aliphatic rings. The molecule has 1 amide bonds. The summed E-state index contributed by atoms with van der Waals surface area (Å²) in [7, 11) is 0. The summed E-state index contributed by atoms with van der Waals surface area (Å²) >= 11 is 0. The molecule has 1 aliphatic carbocycles. The monoisotopic (exact) mass is 170 g/mol. The number of amides is 1. The molecule has 3 heteroatoms. The highest BCUT2D eigenvalue weighted by molar-refractivity contribution is 5.78. The molecule has 0 aromatic heterocycles. The Hall–Kier alpha value is -0.570. The van der Waals surface area contributed by atoms with Crippen molar-refractivity contribution in [1.82, 2.24) is 5.32 Å². The first kappa shape index (κ1) is 9.52. The molecule has 3 N–H and O–H groups in total. The summed E-state index contributed by atoms with van der Waals surface area (Å²) in [4.78, 5) is 11.0. The van der Waals surface area contributed by atoms with E-state index in [1.165, 1.54) is 12.8 Å². The molecular formula is C9H18N2O. The Morgan fingerprint density at radius 3 is 2.75 bits per heavy atom. The fourth-order valence-corrected chi connectivity index (χ4v) is 1.85. The number of rotatable bonds is 2. The highest BCUT2D eigenvalue weighted by Crippen LogP contribution is 2.36. The van der Waals surface area contributed by atoms with Gasteiger partial charge < -0.3 is 11.1 Å². The molecule has 0 spiro atoms. The number of nitrogens with one attached hydrogen (secondary N) is 1. The second kappa shape index (κ2) is 3.44. The lowest BCUT2D eigenvalue weighted by Crippen LogP contribution is -2.44. The van der Waals surface area contributed by atoms with Crippen LogP contribution in [0.25, 0.3) is 0 Å². The molecule has 12 heavy (non-hydrogen) atoms. The van der Waals surface area contributed by atoms with Gasteiger partial charge in [-0.15, -0.1) is 0 Å². The third-order valence-electron chi connectivity index (χ3n) is 2.78. The van der Waals surface area contributed by atoms with Crippen LogP contribution in [0, 0.1) is 5.41 Å². The summed E-state index contributed by atoms with van der Waals surface area (Å²) in [5.74, 6) is -0.0324. The molecule has 70 valence electrons. The Bertz CT molecular complexity index is 177. The highest BCUT2D eigenvalue weighted by atomic mass is 16.1. The third-order valence-corrected chi connectivity index (χ3v) is 2.78. The summed E-state index contributed by atoms with van der Waals surface area (Å²) < 4.78 is 0. The molecule has 1 unspecified atom stereocenters. The van der Waals surface area contributed by atoms with Crippen molar-refractivity contribution < 1.29 is 4.79 Å². The zero-order valence-electron chi connectivity index (χ0n) is 7.89. The van der Waals surface area contributed by atoms with Gasteiger partial charge in [-0.3, -0.25) is 4.79 Å². The Morgan fingerprint density at radius 2 is 2.33 bits per heavy atom. The van der Waals surface area contributed by atoms with Crippen LogP contribution < -0.4 is 11.1 Å². The zero-order valence-corrected chi connectivity index (χ0v) is 7.89. The fourth-order valence-electron chi connectivity index (χ4n) is 1.85. The number of carbonyl (C=O) groups is 1. The van der Waals surface area contributed by atoms with Crippen molar-refractivity contribution >= 4 is 5.91 Å². The summed E-state index contributed by atoms with van der Waals surface area (Å²) in [5.41, 5.74) is 5.48. The average molecular weight is 170 g/mol. The van der Waals surface area contributed by atoms with Crippen LogP contribution in [0.3, 0.4) is 0 Å². The van der Waals surface area contributed by atoms with Gasteiger partial charge in [0.05, 0.1) is 6.54 Å². The van der Waals surface area contributed by atoms with E-state index in [-0.39, 0.29) is 17.9 Å². The van der Waals surface area contributed by atoms with E-state index in [1.54, 1.807) is 0 Å². The van der Waals surface area contributed by atoms with Crippen molar-refractivity contribution in [1.29, 1.82) is 0 Å². The van der Waals surface area contributed by atoms with Crippen molar-refractivity contribution in [3.8, 4) is 0 Å². The topological polar surface area (TPSA) is 55.1 Å². The Labute approximate surface area is 73.7 Å². The van der Waals surface area contributed by atoms with Gasteiger partial charge in [-0.05, 0) is 18.3 Å². The Kier molecular flexibility index (Phi) is 2.73. The smallest absolute Gasteiger partial charge is 0.233 e. The van der Waals surface area contributed by atoms with Crippen LogP contribution in [-0.2, 0) is 4.79 Å². The maximum absolute atomic E-state index is 11.0. The second-order valence-corrected chi connectivity index (χ2v) is 4.21. The van der Waals surface area contributed by atoms with Crippen molar-refractivity contribution in [2.45, 2.75) is 39.2 Å². The summed E-state index contributed by atoms with van der Waals surface area (Å²) in [5, 5.41) is 2.95. The molecule has 1 fully saturated rings. The molecular weight excluding hydrogens is 152 g/mol. The largest absolute Gasteiger partial charge is 0.352 e. The minimum atomic E-state index is -0.0324. The van der Waals surface area contributed by atoms with Crippen LogP contribution in [-0.4, -0.2) is 18.5 Å². The van der Waals surface area contributed by atoms with Gasteiger partial charge in [-0.25, -0.2) is 0 Å². The first-order chi connectivity index (χ1) is 5.56. The standard InChI is InChI=1S/C9H18N2O/c1-9(2)5-3-4-7(9)11-8(12)6-10/h7H,3-6,10H2,1-2H3,(H,11,12). The Morgan fingerprint density at radius 1 is 1.67 bits per heavy atom. The summed E-state index contributed by atoms with van der Waals surface area (Å²) in [6, 6.07) is 0.327. The molecule has 1 saturated carbocycles. The molecule has 0 bridgehead atoms. The first-order valence-electron chi connectivity index (χ1n) is 4.56. The van der Waals surface area contributed by atoms with Gasteiger partial charge in [0.25, 0.3) is 0 Å². The average Bonchev–Trinajstić information content (AvgIpc) is 2.31. The van der Waals surface area contributed by atoms with E-state index in [2.05, 4.69) is 19.2 Å². The lowest BCUT2D eigenvalue weighted by atomic mass is 9.87. The van der Waals surface area contributed by atoms with Gasteiger partial charge in [0, 0.05) is 6.04 Å². The maximum Gasteiger partial charge on any atom is 0.233 e. The van der Waals surface area contributed by atoms with E-state index in [1.807, 2.05) is 0 Å². The molecule has 0 saturated heterocycles. The second-order valence-electron chi connectivity index (χ2n) is 4.21. The molecule has 0 aromatic carbocycles. The first-order valence-corrected chi connectivity index (χ1v) is 4.56. The van der Waals surface area contributed by atoms with E-state index in [4.69, 9.17) is 5.73 Å². The van der Waals surface area contributed by atoms with E-state index >= 15 is 0 Å². The minimum absolute atomic E-state index is 0.0324. The highest BCUT2D eigenvalue weighted by Gasteiger charge is 2.34. The van der Waals surface area contributed by atoms with Gasteiger partial charge in [-0.2, -0.15) is 0 Å². The van der Waals surface area contributed by atoms with Crippen LogP contribution in [0.4, 0.5) is 0 Å². The summed E-state index contributed by atoms with van der Waals surface area (Å²) in [6.07, 6.45) is 3.50. The van der Waals surface area contributed by atoms with Crippen LogP contribution in [0.1, 0.15) is 33.1 Å². The SMILES string of the molecule is CC1(C)CCCC1NC(=O)CN.